The average molecular weight is 354 g/mol. The molecule has 0 fully saturated rings. The zero-order chi connectivity index (χ0) is 16.4. The fourth-order valence-electron chi connectivity index (χ4n) is 2.48. The molecule has 0 bridgehead atoms. The van der Waals surface area contributed by atoms with Gasteiger partial charge in [-0.05, 0) is 18.2 Å². The number of hydrogen-bond acceptors (Lipinski definition) is 5. The number of aliphatic imine (C=N–C) groups is 1. The Balaban J connectivity index is 2.10. The highest BCUT2D eigenvalue weighted by molar-refractivity contribution is 7.87. The standard InChI is InChI=1S/C15H16ClN3O3S/c1-2-7-22-23(20,21)14-9-19(10-15-17-5-6-18-15)13-4-3-11(16)8-12(13)14/h2-4,8-9H,1,5-7,10H2,(H,17,18). The van der Waals surface area contributed by atoms with Gasteiger partial charge in [0.05, 0.1) is 19.7 Å². The second-order valence-corrected chi connectivity index (χ2v) is 7.09. The predicted molar refractivity (Wildman–Crippen MR) is 90.6 cm³/mol. The van der Waals surface area contributed by atoms with Crippen molar-refractivity contribution in [2.24, 2.45) is 4.99 Å². The Morgan fingerprint density at radius 1 is 1.48 bits per heavy atom. The van der Waals surface area contributed by atoms with Crippen LogP contribution in [0.1, 0.15) is 0 Å². The van der Waals surface area contributed by atoms with Crippen molar-refractivity contribution in [3.05, 3.63) is 42.1 Å². The fraction of sp³-hybridized carbons (Fsp3) is 0.267. The SMILES string of the molecule is C=CCOS(=O)(=O)c1cn(CC2=NCCN2)c2ccc(Cl)cc12. The number of halogens is 1. The molecule has 0 spiro atoms. The van der Waals surface area contributed by atoms with Crippen LogP contribution < -0.4 is 5.32 Å². The molecule has 0 saturated heterocycles. The van der Waals surface area contributed by atoms with Crippen LogP contribution in [0.15, 0.2) is 46.9 Å². The predicted octanol–water partition coefficient (Wildman–Crippen LogP) is 2.19. The van der Waals surface area contributed by atoms with Crippen molar-refractivity contribution in [2.45, 2.75) is 11.4 Å². The van der Waals surface area contributed by atoms with Crippen molar-refractivity contribution in [1.82, 2.24) is 9.88 Å². The molecule has 1 aliphatic heterocycles. The Bertz CT molecular complexity index is 887. The number of fused-ring (bicyclic) bond motifs is 1. The molecular weight excluding hydrogens is 338 g/mol. The maximum absolute atomic E-state index is 12.4. The maximum Gasteiger partial charge on any atom is 0.299 e. The second-order valence-electron chi connectivity index (χ2n) is 5.07. The van der Waals surface area contributed by atoms with E-state index in [0.29, 0.717) is 17.0 Å². The molecule has 0 radical (unpaired) electrons. The van der Waals surface area contributed by atoms with Crippen LogP contribution in [0.4, 0.5) is 0 Å². The minimum Gasteiger partial charge on any atom is -0.370 e. The normalized spacial score (nSPS) is 14.7. The van der Waals surface area contributed by atoms with E-state index in [1.54, 1.807) is 24.4 Å². The molecule has 0 amide bonds. The van der Waals surface area contributed by atoms with Crippen LogP contribution in [0.5, 0.6) is 0 Å². The van der Waals surface area contributed by atoms with Crippen molar-refractivity contribution < 1.29 is 12.6 Å². The Kier molecular flexibility index (Phi) is 4.43. The molecule has 8 heteroatoms. The van der Waals surface area contributed by atoms with E-state index in [-0.39, 0.29) is 11.5 Å². The highest BCUT2D eigenvalue weighted by Crippen LogP contribution is 2.29. The van der Waals surface area contributed by atoms with E-state index < -0.39 is 10.1 Å². The monoisotopic (exact) mass is 353 g/mol. The van der Waals surface area contributed by atoms with Crippen LogP contribution >= 0.6 is 11.6 Å². The highest BCUT2D eigenvalue weighted by atomic mass is 35.5. The molecule has 0 unspecified atom stereocenters. The summed E-state index contributed by atoms with van der Waals surface area (Å²) in [6.07, 6.45) is 2.95. The summed E-state index contributed by atoms with van der Waals surface area (Å²) < 4.78 is 31.6. The molecule has 122 valence electrons. The van der Waals surface area contributed by atoms with Gasteiger partial charge in [-0.2, -0.15) is 8.42 Å². The zero-order valence-electron chi connectivity index (χ0n) is 12.3. The molecule has 6 nitrogen and oxygen atoms in total. The Morgan fingerprint density at radius 2 is 2.30 bits per heavy atom. The van der Waals surface area contributed by atoms with E-state index in [2.05, 4.69) is 16.9 Å². The summed E-state index contributed by atoms with van der Waals surface area (Å²) >= 11 is 6.03. The van der Waals surface area contributed by atoms with E-state index in [4.69, 9.17) is 15.8 Å². The summed E-state index contributed by atoms with van der Waals surface area (Å²) in [4.78, 5) is 4.43. The molecule has 0 atom stereocenters. The minimum atomic E-state index is -3.89. The summed E-state index contributed by atoms with van der Waals surface area (Å²) in [5.41, 5.74) is 0.756. The van der Waals surface area contributed by atoms with Crippen LogP contribution in [0, 0.1) is 0 Å². The molecule has 2 heterocycles. The van der Waals surface area contributed by atoms with Gasteiger partial charge in [-0.1, -0.05) is 17.7 Å². The molecule has 23 heavy (non-hydrogen) atoms. The molecule has 1 aromatic heterocycles. The van der Waals surface area contributed by atoms with Gasteiger partial charge in [0.2, 0.25) is 0 Å². The van der Waals surface area contributed by atoms with Gasteiger partial charge in [0.1, 0.15) is 10.7 Å². The van der Waals surface area contributed by atoms with E-state index in [0.717, 1.165) is 24.4 Å². The third kappa shape index (κ3) is 3.26. The van der Waals surface area contributed by atoms with E-state index in [9.17, 15) is 8.42 Å². The van der Waals surface area contributed by atoms with Crippen molar-refractivity contribution in [3.63, 3.8) is 0 Å². The first-order chi connectivity index (χ1) is 11.0. The Morgan fingerprint density at radius 3 is 3.00 bits per heavy atom. The van der Waals surface area contributed by atoms with E-state index in [1.807, 2.05) is 4.57 Å². The first-order valence-electron chi connectivity index (χ1n) is 7.07. The van der Waals surface area contributed by atoms with Gasteiger partial charge in [0.15, 0.2) is 0 Å². The lowest BCUT2D eigenvalue weighted by molar-refractivity contribution is 0.358. The van der Waals surface area contributed by atoms with Gasteiger partial charge in [0, 0.05) is 28.7 Å². The Hall–Kier alpha value is -1.83. The lowest BCUT2D eigenvalue weighted by Gasteiger charge is -2.05. The zero-order valence-corrected chi connectivity index (χ0v) is 13.9. The summed E-state index contributed by atoms with van der Waals surface area (Å²) in [6.45, 7) is 5.39. The van der Waals surface area contributed by atoms with Crippen LogP contribution in [-0.4, -0.2) is 38.5 Å². The van der Waals surface area contributed by atoms with Crippen molar-refractivity contribution in [2.75, 3.05) is 19.7 Å². The van der Waals surface area contributed by atoms with Gasteiger partial charge < -0.3 is 9.88 Å². The first-order valence-corrected chi connectivity index (χ1v) is 8.86. The van der Waals surface area contributed by atoms with Crippen molar-refractivity contribution in [3.8, 4) is 0 Å². The van der Waals surface area contributed by atoms with Crippen molar-refractivity contribution in [1.29, 1.82) is 0 Å². The third-order valence-corrected chi connectivity index (χ3v) is 5.03. The average Bonchev–Trinajstić information content (AvgIpc) is 3.14. The molecule has 0 saturated carbocycles. The van der Waals surface area contributed by atoms with Crippen LogP contribution in [0.2, 0.25) is 5.02 Å². The van der Waals surface area contributed by atoms with Crippen LogP contribution in [-0.2, 0) is 20.8 Å². The number of amidine groups is 1. The molecule has 2 aromatic rings. The smallest absolute Gasteiger partial charge is 0.299 e. The minimum absolute atomic E-state index is 0.0795. The maximum atomic E-state index is 12.4. The van der Waals surface area contributed by atoms with Gasteiger partial charge in [-0.15, -0.1) is 6.58 Å². The van der Waals surface area contributed by atoms with Gasteiger partial charge in [0.25, 0.3) is 10.1 Å². The molecule has 3 rings (SSSR count). The largest absolute Gasteiger partial charge is 0.370 e. The number of nitrogens with zero attached hydrogens (tertiary/aromatic N) is 2. The quantitative estimate of drug-likeness (QED) is 0.638. The molecular formula is C15H16ClN3O3S. The van der Waals surface area contributed by atoms with E-state index >= 15 is 0 Å². The second kappa shape index (κ2) is 6.35. The van der Waals surface area contributed by atoms with Crippen LogP contribution in [0.3, 0.4) is 0 Å². The number of hydrogen-bond donors (Lipinski definition) is 1. The number of benzene rings is 1. The topological polar surface area (TPSA) is 72.7 Å². The molecule has 1 aliphatic rings. The fourth-order valence-corrected chi connectivity index (χ4v) is 3.75. The lowest BCUT2D eigenvalue weighted by atomic mass is 10.2. The number of aromatic nitrogens is 1. The summed E-state index contributed by atoms with van der Waals surface area (Å²) in [7, 11) is -3.89. The third-order valence-electron chi connectivity index (χ3n) is 3.48. The first kappa shape index (κ1) is 16.0. The number of nitrogens with one attached hydrogen (secondary N) is 1. The number of rotatable bonds is 6. The molecule has 0 aliphatic carbocycles. The van der Waals surface area contributed by atoms with Crippen molar-refractivity contribution >= 4 is 38.5 Å². The summed E-state index contributed by atoms with van der Waals surface area (Å²) in [5, 5.41) is 4.17. The lowest BCUT2D eigenvalue weighted by Crippen LogP contribution is -2.23. The summed E-state index contributed by atoms with van der Waals surface area (Å²) in [6, 6.07) is 5.15. The highest BCUT2D eigenvalue weighted by Gasteiger charge is 2.22. The van der Waals surface area contributed by atoms with Gasteiger partial charge in [-0.3, -0.25) is 9.18 Å². The molecule has 1 N–H and O–H groups in total. The van der Waals surface area contributed by atoms with Gasteiger partial charge in [-0.25, -0.2) is 0 Å². The van der Waals surface area contributed by atoms with Gasteiger partial charge >= 0.3 is 0 Å². The molecule has 1 aromatic carbocycles. The van der Waals surface area contributed by atoms with E-state index in [1.165, 1.54) is 6.08 Å². The summed E-state index contributed by atoms with van der Waals surface area (Å²) in [5.74, 6) is 0.827. The van der Waals surface area contributed by atoms with Crippen LogP contribution in [0.25, 0.3) is 10.9 Å². The Labute approximate surface area is 139 Å².